The van der Waals surface area contributed by atoms with Crippen LogP contribution in [0.3, 0.4) is 0 Å². The van der Waals surface area contributed by atoms with Crippen molar-refractivity contribution in [3.8, 4) is 11.5 Å². The minimum Gasteiger partial charge on any atom is -0.492 e. The van der Waals surface area contributed by atoms with Crippen molar-refractivity contribution in [2.75, 3.05) is 6.61 Å². The van der Waals surface area contributed by atoms with Crippen molar-refractivity contribution >= 4 is 17.5 Å². The van der Waals surface area contributed by atoms with Gasteiger partial charge < -0.3 is 14.8 Å². The zero-order valence-electron chi connectivity index (χ0n) is 13.5. The summed E-state index contributed by atoms with van der Waals surface area (Å²) in [5.74, 6) is -0.409. The predicted molar refractivity (Wildman–Crippen MR) is 89.1 cm³/mol. The number of amides is 1. The fourth-order valence-corrected chi connectivity index (χ4v) is 2.93. The summed E-state index contributed by atoms with van der Waals surface area (Å²) in [7, 11) is 0. The lowest BCUT2D eigenvalue weighted by molar-refractivity contribution is -0.274. The van der Waals surface area contributed by atoms with Crippen LogP contribution in [-0.4, -0.2) is 18.9 Å². The van der Waals surface area contributed by atoms with Crippen molar-refractivity contribution in [2.45, 2.75) is 19.3 Å². The van der Waals surface area contributed by atoms with Crippen LogP contribution in [0.1, 0.15) is 11.1 Å². The molecule has 1 atom stereocenters. The number of ether oxygens (including phenoxy) is 2. The lowest BCUT2D eigenvalue weighted by atomic mass is 9.96. The Kier molecular flexibility index (Phi) is 5.27. The highest BCUT2D eigenvalue weighted by Gasteiger charge is 2.32. The molecule has 0 spiro atoms. The molecular weight excluding hydrogens is 371 g/mol. The zero-order valence-corrected chi connectivity index (χ0v) is 14.2. The first-order valence-electron chi connectivity index (χ1n) is 7.84. The molecule has 0 saturated heterocycles. The molecule has 3 rings (SSSR count). The van der Waals surface area contributed by atoms with Crippen molar-refractivity contribution in [3.05, 3.63) is 58.6 Å². The molecule has 26 heavy (non-hydrogen) atoms. The third-order valence-corrected chi connectivity index (χ3v) is 4.19. The number of carbonyl (C=O) groups is 1. The number of nitrogens with one attached hydrogen (secondary N) is 1. The second-order valence-corrected chi connectivity index (χ2v) is 6.27. The Bertz CT molecular complexity index is 811. The molecule has 0 aromatic heterocycles. The number of carbonyl (C=O) groups excluding carboxylic acids is 1. The van der Waals surface area contributed by atoms with Crippen LogP contribution in [-0.2, 0) is 17.8 Å². The van der Waals surface area contributed by atoms with E-state index in [9.17, 15) is 18.0 Å². The topological polar surface area (TPSA) is 47.6 Å². The minimum absolute atomic E-state index is 0.0794. The van der Waals surface area contributed by atoms with Crippen LogP contribution >= 0.6 is 11.6 Å². The highest BCUT2D eigenvalue weighted by molar-refractivity contribution is 6.30. The van der Waals surface area contributed by atoms with Crippen LogP contribution in [0.5, 0.6) is 11.5 Å². The molecule has 1 aliphatic rings. The van der Waals surface area contributed by atoms with Crippen LogP contribution in [0.25, 0.3) is 0 Å². The zero-order chi connectivity index (χ0) is 18.7. The smallest absolute Gasteiger partial charge is 0.492 e. The van der Waals surface area contributed by atoms with E-state index in [1.807, 2.05) is 0 Å². The minimum atomic E-state index is -4.79. The molecule has 8 heteroatoms. The van der Waals surface area contributed by atoms with Crippen molar-refractivity contribution in [1.82, 2.24) is 5.32 Å². The highest BCUT2D eigenvalue weighted by Crippen LogP contribution is 2.30. The molecule has 2 aromatic carbocycles. The van der Waals surface area contributed by atoms with Crippen molar-refractivity contribution < 1.29 is 27.4 Å². The molecule has 0 radical (unpaired) electrons. The van der Waals surface area contributed by atoms with Crippen LogP contribution in [0.4, 0.5) is 13.2 Å². The van der Waals surface area contributed by atoms with Gasteiger partial charge in [-0.2, -0.15) is 0 Å². The fourth-order valence-electron chi connectivity index (χ4n) is 2.73. The normalized spacial score (nSPS) is 16.4. The van der Waals surface area contributed by atoms with Crippen molar-refractivity contribution in [1.29, 1.82) is 0 Å². The Labute approximate surface area is 152 Å². The van der Waals surface area contributed by atoms with Gasteiger partial charge in [0.2, 0.25) is 5.91 Å². The molecule has 0 aliphatic carbocycles. The second kappa shape index (κ2) is 7.45. The first-order chi connectivity index (χ1) is 12.3. The molecule has 0 bridgehead atoms. The molecule has 0 unspecified atom stereocenters. The summed E-state index contributed by atoms with van der Waals surface area (Å²) in [5.41, 5.74) is 1.06. The summed E-state index contributed by atoms with van der Waals surface area (Å²) in [6.07, 6.45) is -4.34. The van der Waals surface area contributed by atoms with Gasteiger partial charge in [0.05, 0.1) is 5.92 Å². The maximum atomic E-state index is 12.4. The maximum absolute atomic E-state index is 12.4. The number of fused-ring (bicyclic) bond motifs is 1. The standard InChI is InChI=1S/C18H15ClF3NO3/c19-14-5-6-15-12(8-14)7-13(10-25-15)17(24)23-9-11-3-1-2-4-16(11)26-18(20,21)22/h1-6,8,13H,7,9-10H2,(H,23,24)/t13-/m1/s1. The van der Waals surface area contributed by atoms with Gasteiger partial charge in [-0.15, -0.1) is 13.2 Å². The summed E-state index contributed by atoms with van der Waals surface area (Å²) in [6.45, 7) is 0.116. The number of para-hydroxylation sites is 1. The Morgan fingerprint density at radius 2 is 2.04 bits per heavy atom. The van der Waals surface area contributed by atoms with Gasteiger partial charge in [-0.05, 0) is 36.2 Å². The van der Waals surface area contributed by atoms with E-state index < -0.39 is 12.3 Å². The molecule has 1 amide bonds. The second-order valence-electron chi connectivity index (χ2n) is 5.84. The summed E-state index contributed by atoms with van der Waals surface area (Å²) >= 11 is 5.95. The van der Waals surface area contributed by atoms with E-state index in [1.165, 1.54) is 18.2 Å². The molecule has 0 fully saturated rings. The SMILES string of the molecule is O=C(NCc1ccccc1OC(F)(F)F)[C@H]1COc2ccc(Cl)cc2C1. The molecular formula is C18H15ClF3NO3. The van der Waals surface area contributed by atoms with E-state index in [0.29, 0.717) is 17.2 Å². The predicted octanol–water partition coefficient (Wildman–Crippen LogP) is 4.11. The average Bonchev–Trinajstić information content (AvgIpc) is 2.58. The van der Waals surface area contributed by atoms with Gasteiger partial charge in [-0.1, -0.05) is 29.8 Å². The van der Waals surface area contributed by atoms with Crippen LogP contribution in [0.15, 0.2) is 42.5 Å². The van der Waals surface area contributed by atoms with Gasteiger partial charge >= 0.3 is 6.36 Å². The van der Waals surface area contributed by atoms with E-state index in [-0.39, 0.29) is 30.4 Å². The molecule has 138 valence electrons. The largest absolute Gasteiger partial charge is 0.573 e. The number of hydrogen-bond donors (Lipinski definition) is 1. The van der Waals surface area contributed by atoms with E-state index in [4.69, 9.17) is 16.3 Å². The third kappa shape index (κ3) is 4.60. The first kappa shape index (κ1) is 18.4. The maximum Gasteiger partial charge on any atom is 0.573 e. The number of halogens is 4. The van der Waals surface area contributed by atoms with Crippen LogP contribution in [0.2, 0.25) is 5.02 Å². The highest BCUT2D eigenvalue weighted by atomic mass is 35.5. The summed E-state index contributed by atoms with van der Waals surface area (Å²) in [5, 5.41) is 3.19. The van der Waals surface area contributed by atoms with Crippen LogP contribution < -0.4 is 14.8 Å². The van der Waals surface area contributed by atoms with Crippen LogP contribution in [0, 0.1) is 5.92 Å². The van der Waals surface area contributed by atoms with Gasteiger partial charge in [0, 0.05) is 17.1 Å². The monoisotopic (exact) mass is 385 g/mol. The quantitative estimate of drug-likeness (QED) is 0.861. The Balaban J connectivity index is 1.63. The molecule has 4 nitrogen and oxygen atoms in total. The van der Waals surface area contributed by atoms with E-state index in [1.54, 1.807) is 24.3 Å². The molecule has 2 aromatic rings. The fraction of sp³-hybridized carbons (Fsp3) is 0.278. The van der Waals surface area contributed by atoms with Gasteiger partial charge in [0.25, 0.3) is 0 Å². The Hall–Kier alpha value is -2.41. The summed E-state index contributed by atoms with van der Waals surface area (Å²) in [4.78, 5) is 12.4. The first-order valence-corrected chi connectivity index (χ1v) is 8.22. The number of rotatable bonds is 4. The van der Waals surface area contributed by atoms with Gasteiger partial charge in [0.15, 0.2) is 0 Å². The third-order valence-electron chi connectivity index (χ3n) is 3.95. The lowest BCUT2D eigenvalue weighted by Crippen LogP contribution is -2.37. The molecule has 1 N–H and O–H groups in total. The lowest BCUT2D eigenvalue weighted by Gasteiger charge is -2.25. The summed E-state index contributed by atoms with van der Waals surface area (Å²) < 4.78 is 46.9. The number of benzene rings is 2. The van der Waals surface area contributed by atoms with Crippen molar-refractivity contribution in [3.63, 3.8) is 0 Å². The molecule has 1 heterocycles. The Morgan fingerprint density at radius 1 is 1.27 bits per heavy atom. The van der Waals surface area contributed by atoms with E-state index in [2.05, 4.69) is 10.1 Å². The Morgan fingerprint density at radius 3 is 2.81 bits per heavy atom. The van der Waals surface area contributed by atoms with E-state index >= 15 is 0 Å². The van der Waals surface area contributed by atoms with E-state index in [0.717, 1.165) is 5.56 Å². The van der Waals surface area contributed by atoms with Crippen molar-refractivity contribution in [2.24, 2.45) is 5.92 Å². The average molecular weight is 386 g/mol. The number of alkyl halides is 3. The molecule has 0 saturated carbocycles. The number of hydrogen-bond acceptors (Lipinski definition) is 3. The van der Waals surface area contributed by atoms with Gasteiger partial charge in [-0.3, -0.25) is 4.79 Å². The molecule has 1 aliphatic heterocycles. The van der Waals surface area contributed by atoms with Gasteiger partial charge in [-0.25, -0.2) is 0 Å². The van der Waals surface area contributed by atoms with Gasteiger partial charge in [0.1, 0.15) is 18.1 Å². The summed E-state index contributed by atoms with van der Waals surface area (Å²) in [6, 6.07) is 10.9.